The van der Waals surface area contributed by atoms with Gasteiger partial charge in [0.25, 0.3) is 5.56 Å². The lowest BCUT2D eigenvalue weighted by molar-refractivity contribution is -0.121. The number of rotatable bonds is 11. The molecule has 0 atom stereocenters. The summed E-state index contributed by atoms with van der Waals surface area (Å²) in [6.07, 6.45) is 1.00. The minimum atomic E-state index is -1.19. The molecule has 0 saturated carbocycles. The van der Waals surface area contributed by atoms with Gasteiger partial charge in [0.1, 0.15) is 17.2 Å². The van der Waals surface area contributed by atoms with Gasteiger partial charge in [-0.1, -0.05) is 13.0 Å². The van der Waals surface area contributed by atoms with E-state index in [2.05, 4.69) is 10.3 Å². The first kappa shape index (κ1) is 24.2. The van der Waals surface area contributed by atoms with Crippen molar-refractivity contribution in [1.29, 1.82) is 0 Å². The molecule has 0 saturated heterocycles. The maximum absolute atomic E-state index is 13.0. The van der Waals surface area contributed by atoms with Crippen LogP contribution in [0.5, 0.6) is 11.5 Å². The van der Waals surface area contributed by atoms with Crippen LogP contribution in [0.25, 0.3) is 10.2 Å². The van der Waals surface area contributed by atoms with Crippen molar-refractivity contribution < 1.29 is 24.2 Å². The number of nitrogens with zero attached hydrogens (tertiary/aromatic N) is 2. The summed E-state index contributed by atoms with van der Waals surface area (Å²) >= 11 is 1.11. The van der Waals surface area contributed by atoms with Crippen LogP contribution in [0.2, 0.25) is 0 Å². The third-order valence-electron chi connectivity index (χ3n) is 4.96. The fourth-order valence-corrected chi connectivity index (χ4v) is 4.37. The lowest BCUT2D eigenvalue weighted by atomic mass is 10.1. The molecule has 0 bridgehead atoms. The molecule has 0 fully saturated rings. The van der Waals surface area contributed by atoms with Gasteiger partial charge in [-0.25, -0.2) is 9.78 Å². The highest BCUT2D eigenvalue weighted by atomic mass is 32.1. The van der Waals surface area contributed by atoms with Crippen LogP contribution in [0.4, 0.5) is 0 Å². The molecule has 2 N–H and O–H groups in total. The zero-order chi connectivity index (χ0) is 24.0. The molecule has 10 heteroatoms. The van der Waals surface area contributed by atoms with Crippen LogP contribution < -0.4 is 20.3 Å². The monoisotopic (exact) mass is 473 g/mol. The topological polar surface area (TPSA) is 120 Å². The number of benzene rings is 1. The van der Waals surface area contributed by atoms with Crippen molar-refractivity contribution in [2.24, 2.45) is 0 Å². The quantitative estimate of drug-likeness (QED) is 0.439. The van der Waals surface area contributed by atoms with Crippen molar-refractivity contribution in [3.05, 3.63) is 50.9 Å². The van der Waals surface area contributed by atoms with E-state index in [9.17, 15) is 19.5 Å². The number of amides is 1. The van der Waals surface area contributed by atoms with Crippen molar-refractivity contribution in [2.75, 3.05) is 19.8 Å². The number of carbonyl (C=O) groups is 2. The molecule has 0 spiro atoms. The number of fused-ring (bicyclic) bond motifs is 1. The largest absolute Gasteiger partial charge is 0.490 e. The lowest BCUT2D eigenvalue weighted by Crippen LogP contribution is -2.35. The Morgan fingerprint density at radius 1 is 1.15 bits per heavy atom. The van der Waals surface area contributed by atoms with E-state index in [4.69, 9.17) is 9.47 Å². The number of aromatic nitrogens is 2. The Morgan fingerprint density at radius 3 is 2.55 bits per heavy atom. The van der Waals surface area contributed by atoms with E-state index in [0.717, 1.165) is 16.9 Å². The average molecular weight is 474 g/mol. The second-order valence-corrected chi connectivity index (χ2v) is 8.01. The maximum atomic E-state index is 13.0. The van der Waals surface area contributed by atoms with Gasteiger partial charge in [0.2, 0.25) is 5.91 Å². The smallest absolute Gasteiger partial charge is 0.337 e. The SMILES string of the molecule is CCOc1ccc(CCNC(=O)Cn2c(CC)nc3scc(C(=O)O)c3c2=O)cc1OCC. The van der Waals surface area contributed by atoms with Gasteiger partial charge in [-0.05, 0) is 38.0 Å². The number of hydrogen-bond donors (Lipinski definition) is 2. The van der Waals surface area contributed by atoms with E-state index >= 15 is 0 Å². The lowest BCUT2D eigenvalue weighted by Gasteiger charge is -2.13. The summed E-state index contributed by atoms with van der Waals surface area (Å²) in [6.45, 7) is 6.82. The summed E-state index contributed by atoms with van der Waals surface area (Å²) < 4.78 is 12.4. The molecule has 2 heterocycles. The Morgan fingerprint density at radius 2 is 1.88 bits per heavy atom. The molecule has 9 nitrogen and oxygen atoms in total. The molecule has 1 amide bonds. The van der Waals surface area contributed by atoms with E-state index < -0.39 is 11.5 Å². The van der Waals surface area contributed by atoms with E-state index in [-0.39, 0.29) is 23.4 Å². The fourth-order valence-electron chi connectivity index (χ4n) is 3.45. The number of hydrogen-bond acceptors (Lipinski definition) is 7. The molecule has 0 aliphatic heterocycles. The van der Waals surface area contributed by atoms with Gasteiger partial charge >= 0.3 is 5.97 Å². The number of ether oxygens (including phenoxy) is 2. The molecule has 0 radical (unpaired) electrons. The van der Waals surface area contributed by atoms with E-state index in [0.29, 0.717) is 54.8 Å². The Kier molecular flexibility index (Phi) is 8.05. The van der Waals surface area contributed by atoms with E-state index in [1.807, 2.05) is 39.0 Å². The summed E-state index contributed by atoms with van der Waals surface area (Å²) in [4.78, 5) is 41.8. The average Bonchev–Trinajstić information content (AvgIpc) is 3.22. The predicted octanol–water partition coefficient (Wildman–Crippen LogP) is 2.87. The highest BCUT2D eigenvalue weighted by Crippen LogP contribution is 2.28. The summed E-state index contributed by atoms with van der Waals surface area (Å²) in [7, 11) is 0. The summed E-state index contributed by atoms with van der Waals surface area (Å²) in [5.74, 6) is 0.231. The molecule has 176 valence electrons. The van der Waals surface area contributed by atoms with Crippen LogP contribution in [-0.4, -0.2) is 46.3 Å². The molecule has 3 aromatic rings. The van der Waals surface area contributed by atoms with Crippen LogP contribution in [-0.2, 0) is 24.2 Å². The molecule has 1 aromatic carbocycles. The zero-order valence-electron chi connectivity index (χ0n) is 18.8. The van der Waals surface area contributed by atoms with Gasteiger partial charge in [-0.15, -0.1) is 11.3 Å². The number of carboxylic acid groups (broad SMARTS) is 1. The van der Waals surface area contributed by atoms with Crippen molar-refractivity contribution >= 4 is 33.4 Å². The molecule has 33 heavy (non-hydrogen) atoms. The molecular formula is C23H27N3O6S. The zero-order valence-corrected chi connectivity index (χ0v) is 19.7. The molecule has 0 aliphatic carbocycles. The second kappa shape index (κ2) is 11.0. The molecule has 2 aromatic heterocycles. The normalized spacial score (nSPS) is 10.9. The van der Waals surface area contributed by atoms with Crippen LogP contribution in [0.15, 0.2) is 28.4 Å². The molecular weight excluding hydrogens is 446 g/mol. The highest BCUT2D eigenvalue weighted by molar-refractivity contribution is 7.17. The van der Waals surface area contributed by atoms with Gasteiger partial charge in [0.05, 0.1) is 24.2 Å². The number of carboxylic acids is 1. The summed E-state index contributed by atoms with van der Waals surface area (Å²) in [5, 5.41) is 13.6. The standard InChI is InChI=1S/C23H27N3O6S/c1-4-18-25-21-20(15(13-33-21)23(29)30)22(28)26(18)12-19(27)24-10-9-14-7-8-16(31-5-2)17(11-14)32-6-3/h7-8,11,13H,4-6,9-10,12H2,1-3H3,(H,24,27)(H,29,30). The van der Waals surface area contributed by atoms with Gasteiger partial charge < -0.3 is 19.9 Å². The first-order chi connectivity index (χ1) is 15.9. The van der Waals surface area contributed by atoms with Crippen molar-refractivity contribution in [3.63, 3.8) is 0 Å². The second-order valence-electron chi connectivity index (χ2n) is 7.15. The van der Waals surface area contributed by atoms with E-state index in [1.165, 1.54) is 9.95 Å². The van der Waals surface area contributed by atoms with E-state index in [1.54, 1.807) is 0 Å². The third kappa shape index (κ3) is 5.51. The van der Waals surface area contributed by atoms with Crippen LogP contribution in [0.3, 0.4) is 0 Å². The molecule has 0 aliphatic rings. The van der Waals surface area contributed by atoms with Crippen molar-refractivity contribution in [1.82, 2.24) is 14.9 Å². The van der Waals surface area contributed by atoms with Gasteiger partial charge in [-0.3, -0.25) is 14.2 Å². The number of nitrogens with one attached hydrogen (secondary N) is 1. The highest BCUT2D eigenvalue weighted by Gasteiger charge is 2.20. The number of carbonyl (C=O) groups excluding carboxylic acids is 1. The maximum Gasteiger partial charge on any atom is 0.337 e. The summed E-state index contributed by atoms with van der Waals surface area (Å²) in [6, 6.07) is 5.66. The number of aryl methyl sites for hydroxylation is 1. The predicted molar refractivity (Wildman–Crippen MR) is 126 cm³/mol. The van der Waals surface area contributed by atoms with Gasteiger partial charge in [0, 0.05) is 18.3 Å². The number of thiophene rings is 1. The van der Waals surface area contributed by atoms with Gasteiger partial charge in [-0.2, -0.15) is 0 Å². The van der Waals surface area contributed by atoms with Crippen LogP contribution >= 0.6 is 11.3 Å². The van der Waals surface area contributed by atoms with Crippen molar-refractivity contribution in [3.8, 4) is 11.5 Å². The Bertz CT molecular complexity index is 1220. The van der Waals surface area contributed by atoms with Gasteiger partial charge in [0.15, 0.2) is 11.5 Å². The fraction of sp³-hybridized carbons (Fsp3) is 0.391. The first-order valence-electron chi connectivity index (χ1n) is 10.8. The van der Waals surface area contributed by atoms with Crippen LogP contribution in [0, 0.1) is 0 Å². The minimum Gasteiger partial charge on any atom is -0.490 e. The third-order valence-corrected chi connectivity index (χ3v) is 5.84. The molecule has 3 rings (SSSR count). The van der Waals surface area contributed by atoms with Crippen molar-refractivity contribution in [2.45, 2.75) is 40.2 Å². The van der Waals surface area contributed by atoms with Crippen LogP contribution in [0.1, 0.15) is 42.5 Å². The Labute approximate surface area is 195 Å². The minimum absolute atomic E-state index is 0.0374. The Hall–Kier alpha value is -3.40. The first-order valence-corrected chi connectivity index (χ1v) is 11.7. The number of aromatic carboxylic acids is 1. The Balaban J connectivity index is 1.71. The summed E-state index contributed by atoms with van der Waals surface area (Å²) in [5.41, 5.74) is 0.365. The molecule has 0 unspecified atom stereocenters.